The molecule has 0 radical (unpaired) electrons. The Balaban J connectivity index is 1.24. The molecule has 43 heavy (non-hydrogen) atoms. The number of anilines is 1. The van der Waals surface area contributed by atoms with E-state index in [2.05, 4.69) is 20.8 Å². The number of carbonyl (C=O) groups is 3. The quantitative estimate of drug-likeness (QED) is 0.211. The molecule has 1 heterocycles. The number of aliphatic carboxylic acids is 1. The summed E-state index contributed by atoms with van der Waals surface area (Å²) >= 11 is 0. The van der Waals surface area contributed by atoms with Crippen LogP contribution in [0.25, 0.3) is 22.8 Å². The first-order valence-electron chi connectivity index (χ1n) is 13.8. The van der Waals surface area contributed by atoms with Gasteiger partial charge in [-0.25, -0.2) is 14.0 Å². The van der Waals surface area contributed by atoms with E-state index in [4.69, 9.17) is 9.26 Å². The van der Waals surface area contributed by atoms with Gasteiger partial charge in [-0.2, -0.15) is 4.98 Å². The molecule has 10 nitrogen and oxygen atoms in total. The molecule has 3 N–H and O–H groups in total. The number of aromatic nitrogens is 2. The molecule has 11 heteroatoms. The zero-order valence-corrected chi connectivity index (χ0v) is 23.9. The van der Waals surface area contributed by atoms with Crippen molar-refractivity contribution in [1.82, 2.24) is 15.5 Å². The second kappa shape index (κ2) is 12.0. The normalized spacial score (nSPS) is 13.7. The van der Waals surface area contributed by atoms with Crippen molar-refractivity contribution in [2.75, 3.05) is 5.32 Å². The Bertz CT molecular complexity index is 1660. The lowest BCUT2D eigenvalue weighted by atomic mass is 10.0. The fourth-order valence-corrected chi connectivity index (χ4v) is 4.46. The van der Waals surface area contributed by atoms with E-state index in [0.29, 0.717) is 28.3 Å². The third-order valence-electron chi connectivity index (χ3n) is 6.72. The summed E-state index contributed by atoms with van der Waals surface area (Å²) in [4.78, 5) is 41.0. The minimum Gasteiger partial charge on any atom is -0.480 e. The molecule has 0 aliphatic heterocycles. The van der Waals surface area contributed by atoms with Crippen molar-refractivity contribution in [1.29, 1.82) is 0 Å². The molecule has 1 atom stereocenters. The van der Waals surface area contributed by atoms with Crippen LogP contribution in [0.4, 0.5) is 14.9 Å². The van der Waals surface area contributed by atoms with Gasteiger partial charge in [0.2, 0.25) is 5.82 Å². The number of carboxylic acids is 1. The van der Waals surface area contributed by atoms with Crippen molar-refractivity contribution < 1.29 is 33.1 Å². The molecule has 1 aromatic heterocycles. The Hall–Kier alpha value is -5.06. The van der Waals surface area contributed by atoms with E-state index < -0.39 is 35.4 Å². The molecule has 0 spiro atoms. The lowest BCUT2D eigenvalue weighted by molar-refractivity contribution is -0.139. The summed E-state index contributed by atoms with van der Waals surface area (Å²) in [5.74, 6) is -1.80. The number of amides is 2. The van der Waals surface area contributed by atoms with Crippen LogP contribution in [0.3, 0.4) is 0 Å². The zero-order chi connectivity index (χ0) is 30.7. The highest BCUT2D eigenvalue weighted by molar-refractivity contribution is 5.96. The van der Waals surface area contributed by atoms with Crippen molar-refractivity contribution in [3.63, 3.8) is 0 Å². The Morgan fingerprint density at radius 1 is 1.07 bits per heavy atom. The summed E-state index contributed by atoms with van der Waals surface area (Å²) in [6.07, 6.45) is 1.45. The van der Waals surface area contributed by atoms with E-state index >= 15 is 4.39 Å². The topological polar surface area (TPSA) is 144 Å². The van der Waals surface area contributed by atoms with E-state index in [1.165, 1.54) is 12.1 Å². The second-order valence-corrected chi connectivity index (χ2v) is 11.4. The highest BCUT2D eigenvalue weighted by Gasteiger charge is 2.26. The van der Waals surface area contributed by atoms with Crippen LogP contribution in [0, 0.1) is 5.82 Å². The molecule has 0 bridgehead atoms. The maximum absolute atomic E-state index is 15.1. The molecule has 1 saturated carbocycles. The predicted octanol–water partition coefficient (Wildman–Crippen LogP) is 6.19. The van der Waals surface area contributed by atoms with Gasteiger partial charge in [0.25, 0.3) is 11.8 Å². The third-order valence-corrected chi connectivity index (χ3v) is 6.72. The first kappa shape index (κ1) is 29.4. The van der Waals surface area contributed by atoms with Crippen LogP contribution >= 0.6 is 0 Å². The highest BCUT2D eigenvalue weighted by Crippen LogP contribution is 2.40. The predicted molar refractivity (Wildman–Crippen MR) is 156 cm³/mol. The molecule has 5 rings (SSSR count). The lowest BCUT2D eigenvalue weighted by Gasteiger charge is -2.19. The van der Waals surface area contributed by atoms with Gasteiger partial charge in [0.1, 0.15) is 17.5 Å². The number of benzene rings is 3. The van der Waals surface area contributed by atoms with Crippen LogP contribution in [-0.2, 0) is 16.0 Å². The average molecular weight is 587 g/mol. The number of nitrogens with one attached hydrogen (secondary N) is 2. The van der Waals surface area contributed by atoms with Crippen molar-refractivity contribution in [2.45, 2.75) is 57.6 Å². The lowest BCUT2D eigenvalue weighted by Crippen LogP contribution is -2.42. The molecular weight excluding hydrogens is 555 g/mol. The van der Waals surface area contributed by atoms with Crippen molar-refractivity contribution >= 4 is 23.7 Å². The van der Waals surface area contributed by atoms with Gasteiger partial charge in [-0.15, -0.1) is 0 Å². The number of hydrogen-bond acceptors (Lipinski definition) is 7. The largest absolute Gasteiger partial charge is 0.480 e. The molecular formula is C32H31FN4O6. The standard InChI is InChI=1S/C32H31FN4O6/c1-32(2,3)42-31(41)34-23-12-10-20(11-13-23)29-36-27(37-43-29)24-14-7-18(15-25(24)33)16-26(30(39)40)35-28(38)22-6-4-5-21(17-22)19-8-9-19/h4-7,10-15,17,19,26H,8-9,16H2,1-3H3,(H,34,41)(H,35,38)(H,39,40)/t26-/m1/s1. The number of hydrogen-bond donors (Lipinski definition) is 3. The van der Waals surface area contributed by atoms with Crippen LogP contribution in [-0.4, -0.2) is 44.9 Å². The minimum atomic E-state index is -1.26. The van der Waals surface area contributed by atoms with Gasteiger partial charge in [-0.3, -0.25) is 10.1 Å². The van der Waals surface area contributed by atoms with Gasteiger partial charge in [0.05, 0.1) is 5.56 Å². The SMILES string of the molecule is CC(C)(C)OC(=O)Nc1ccc(-c2nc(-c3ccc(C[C@@H](NC(=O)c4cccc(C5CC5)c4)C(=O)O)cc3F)no2)cc1. The highest BCUT2D eigenvalue weighted by atomic mass is 19.1. The molecule has 3 aromatic carbocycles. The molecule has 0 unspecified atom stereocenters. The molecule has 1 fully saturated rings. The molecule has 1 aliphatic carbocycles. The maximum Gasteiger partial charge on any atom is 0.412 e. The minimum absolute atomic E-state index is 0.00800. The van der Waals surface area contributed by atoms with Crippen LogP contribution in [0.5, 0.6) is 0 Å². The second-order valence-electron chi connectivity index (χ2n) is 11.4. The fourth-order valence-electron chi connectivity index (χ4n) is 4.46. The monoisotopic (exact) mass is 586 g/mol. The van der Waals surface area contributed by atoms with Gasteiger partial charge in [0, 0.05) is 23.2 Å². The molecule has 222 valence electrons. The van der Waals surface area contributed by atoms with Gasteiger partial charge in [0.15, 0.2) is 0 Å². The van der Waals surface area contributed by atoms with Crippen LogP contribution in [0.1, 0.15) is 61.0 Å². The average Bonchev–Trinajstić information content (AvgIpc) is 3.69. The van der Waals surface area contributed by atoms with E-state index in [9.17, 15) is 19.5 Å². The fraction of sp³-hybridized carbons (Fsp3) is 0.281. The summed E-state index contributed by atoms with van der Waals surface area (Å²) in [5.41, 5.74) is 2.31. The Morgan fingerprint density at radius 3 is 2.47 bits per heavy atom. The molecule has 1 aliphatic rings. The smallest absolute Gasteiger partial charge is 0.412 e. The van der Waals surface area contributed by atoms with Crippen molar-refractivity contribution in [3.8, 4) is 22.8 Å². The van der Waals surface area contributed by atoms with Crippen molar-refractivity contribution in [2.24, 2.45) is 0 Å². The number of nitrogens with zero attached hydrogens (tertiary/aromatic N) is 2. The van der Waals surface area contributed by atoms with E-state index in [1.54, 1.807) is 69.3 Å². The first-order chi connectivity index (χ1) is 20.4. The third kappa shape index (κ3) is 7.62. The Kier molecular flexibility index (Phi) is 8.24. The van der Waals surface area contributed by atoms with Crippen molar-refractivity contribution in [3.05, 3.63) is 89.2 Å². The number of ether oxygens (including phenoxy) is 1. The van der Waals surface area contributed by atoms with Crippen LogP contribution < -0.4 is 10.6 Å². The summed E-state index contributed by atoms with van der Waals surface area (Å²) in [7, 11) is 0. The Labute approximate surface area is 247 Å². The number of rotatable bonds is 9. The van der Waals surface area contributed by atoms with Gasteiger partial charge in [-0.1, -0.05) is 23.4 Å². The molecule has 2 amide bonds. The molecule has 4 aromatic rings. The van der Waals surface area contributed by atoms with E-state index in [0.717, 1.165) is 18.4 Å². The van der Waals surface area contributed by atoms with Crippen LogP contribution in [0.2, 0.25) is 0 Å². The zero-order valence-electron chi connectivity index (χ0n) is 23.9. The molecule has 0 saturated heterocycles. The first-order valence-corrected chi connectivity index (χ1v) is 13.8. The maximum atomic E-state index is 15.1. The van der Waals surface area contributed by atoms with Gasteiger partial charge < -0.3 is 19.7 Å². The van der Waals surface area contributed by atoms with Gasteiger partial charge in [-0.05, 0) is 99.2 Å². The number of carboxylic acid groups (broad SMARTS) is 1. The van der Waals surface area contributed by atoms with E-state index in [1.807, 2.05) is 6.07 Å². The number of carbonyl (C=O) groups excluding carboxylic acids is 2. The summed E-state index contributed by atoms with van der Waals surface area (Å²) in [6, 6.07) is 16.7. The summed E-state index contributed by atoms with van der Waals surface area (Å²) < 4.78 is 25.7. The summed E-state index contributed by atoms with van der Waals surface area (Å²) in [5, 5.41) is 18.8. The Morgan fingerprint density at radius 2 is 1.81 bits per heavy atom. The summed E-state index contributed by atoms with van der Waals surface area (Å²) in [6.45, 7) is 5.30. The van der Waals surface area contributed by atoms with E-state index in [-0.39, 0.29) is 23.7 Å². The van der Waals surface area contributed by atoms with Crippen LogP contribution in [0.15, 0.2) is 71.3 Å². The van der Waals surface area contributed by atoms with Gasteiger partial charge >= 0.3 is 12.1 Å². The number of halogens is 1.